The molecule has 0 aliphatic carbocycles. The summed E-state index contributed by atoms with van der Waals surface area (Å²) in [5, 5.41) is 1.11. The van der Waals surface area contributed by atoms with Crippen molar-refractivity contribution in [1.29, 1.82) is 0 Å². The van der Waals surface area contributed by atoms with Gasteiger partial charge in [0.15, 0.2) is 11.5 Å². The summed E-state index contributed by atoms with van der Waals surface area (Å²) in [6.45, 7) is 5.62. The zero-order valence-corrected chi connectivity index (χ0v) is 14.0. The lowest BCUT2D eigenvalue weighted by atomic mass is 10.0. The van der Waals surface area contributed by atoms with Crippen molar-refractivity contribution in [2.45, 2.75) is 34.1 Å². The highest BCUT2D eigenvalue weighted by molar-refractivity contribution is 6.00. The van der Waals surface area contributed by atoms with Crippen LogP contribution in [0.4, 0.5) is 0 Å². The highest BCUT2D eigenvalue weighted by Gasteiger charge is 2.25. The van der Waals surface area contributed by atoms with Crippen LogP contribution in [0, 0.1) is 0 Å². The zero-order valence-electron chi connectivity index (χ0n) is 14.0. The second kappa shape index (κ2) is 7.12. The number of hydrogen-bond donors (Lipinski definition) is 0. The number of carbonyl (C=O) groups excluding carboxylic acids is 3. The zero-order chi connectivity index (χ0) is 17.9. The Hall–Kier alpha value is -2.89. The van der Waals surface area contributed by atoms with Crippen LogP contribution < -0.4 is 14.2 Å². The highest BCUT2D eigenvalue weighted by Crippen LogP contribution is 2.46. The summed E-state index contributed by atoms with van der Waals surface area (Å²) in [4.78, 5) is 34.5. The Morgan fingerprint density at radius 1 is 0.750 bits per heavy atom. The summed E-state index contributed by atoms with van der Waals surface area (Å²) in [5.74, 6) is -1.08. The third kappa shape index (κ3) is 3.53. The first-order chi connectivity index (χ1) is 11.3. The molecule has 126 valence electrons. The van der Waals surface area contributed by atoms with Crippen LogP contribution in [0.3, 0.4) is 0 Å². The van der Waals surface area contributed by atoms with Gasteiger partial charge in [0.25, 0.3) is 0 Å². The van der Waals surface area contributed by atoms with Gasteiger partial charge in [0.2, 0.25) is 0 Å². The number of hydrogen-bond acceptors (Lipinski definition) is 6. The van der Waals surface area contributed by atoms with Gasteiger partial charge in [-0.3, -0.25) is 14.4 Å². The number of rotatable bonds is 4. The van der Waals surface area contributed by atoms with Crippen LogP contribution in [0.15, 0.2) is 24.3 Å². The van der Waals surface area contributed by atoms with Gasteiger partial charge in [-0.05, 0) is 6.42 Å². The van der Waals surface area contributed by atoms with Crippen LogP contribution in [-0.4, -0.2) is 17.9 Å². The van der Waals surface area contributed by atoms with E-state index in [1.807, 2.05) is 6.92 Å². The monoisotopic (exact) mass is 330 g/mol. The van der Waals surface area contributed by atoms with Gasteiger partial charge in [0.05, 0.1) is 0 Å². The van der Waals surface area contributed by atoms with Crippen molar-refractivity contribution < 1.29 is 28.6 Å². The normalized spacial score (nSPS) is 10.3. The first-order valence-corrected chi connectivity index (χ1v) is 7.48. The van der Waals surface area contributed by atoms with E-state index in [1.165, 1.54) is 20.8 Å². The lowest BCUT2D eigenvalue weighted by molar-refractivity contribution is -0.134. The van der Waals surface area contributed by atoms with E-state index in [1.54, 1.807) is 24.3 Å². The van der Waals surface area contributed by atoms with E-state index >= 15 is 0 Å². The lowest BCUT2D eigenvalue weighted by Crippen LogP contribution is -2.12. The average Bonchev–Trinajstić information content (AvgIpc) is 2.50. The number of benzene rings is 2. The molecular weight excluding hydrogens is 312 g/mol. The van der Waals surface area contributed by atoms with Crippen molar-refractivity contribution in [2.75, 3.05) is 0 Å². The van der Waals surface area contributed by atoms with Crippen LogP contribution >= 0.6 is 0 Å². The van der Waals surface area contributed by atoms with Gasteiger partial charge in [0.1, 0.15) is 5.75 Å². The van der Waals surface area contributed by atoms with Gasteiger partial charge in [-0.25, -0.2) is 0 Å². The molecule has 2 aromatic rings. The van der Waals surface area contributed by atoms with Crippen LogP contribution in [0.1, 0.15) is 33.3 Å². The van der Waals surface area contributed by atoms with Crippen molar-refractivity contribution in [2.24, 2.45) is 0 Å². The Labute approximate surface area is 139 Å². The molecule has 0 unspecified atom stereocenters. The molecule has 0 heterocycles. The molecule has 6 heteroatoms. The molecule has 2 rings (SSSR count). The number of fused-ring (bicyclic) bond motifs is 1. The van der Waals surface area contributed by atoms with Crippen molar-refractivity contribution in [3.05, 3.63) is 29.8 Å². The van der Waals surface area contributed by atoms with Crippen LogP contribution in [0.5, 0.6) is 17.2 Å². The van der Waals surface area contributed by atoms with Gasteiger partial charge in [0, 0.05) is 37.1 Å². The first-order valence-electron chi connectivity index (χ1n) is 7.48. The quantitative estimate of drug-likeness (QED) is 0.633. The Bertz CT molecular complexity index is 822. The molecule has 0 bridgehead atoms. The van der Waals surface area contributed by atoms with Crippen molar-refractivity contribution in [1.82, 2.24) is 0 Å². The first kappa shape index (κ1) is 17.5. The molecule has 0 amide bonds. The molecule has 0 atom stereocenters. The standard InChI is InChI=1S/C18H18O6/c1-5-13-16(22-10(2)19)14-8-6-7-9-15(14)18(24-12(4)21)17(13)23-11(3)20/h6-9H,5H2,1-4H3. The van der Waals surface area contributed by atoms with Gasteiger partial charge in [-0.2, -0.15) is 0 Å². The Kier molecular flexibility index (Phi) is 5.18. The highest BCUT2D eigenvalue weighted by atomic mass is 16.6. The van der Waals surface area contributed by atoms with Gasteiger partial charge < -0.3 is 14.2 Å². The Balaban J connectivity index is 2.91. The smallest absolute Gasteiger partial charge is 0.308 e. The molecule has 0 aliphatic rings. The number of esters is 3. The summed E-state index contributed by atoms with van der Waals surface area (Å²) < 4.78 is 16.0. The van der Waals surface area contributed by atoms with Crippen LogP contribution in [0.2, 0.25) is 0 Å². The maximum Gasteiger partial charge on any atom is 0.308 e. The molecule has 0 spiro atoms. The minimum atomic E-state index is -0.567. The second-order valence-corrected chi connectivity index (χ2v) is 5.15. The fourth-order valence-electron chi connectivity index (χ4n) is 2.48. The van der Waals surface area contributed by atoms with E-state index < -0.39 is 17.9 Å². The van der Waals surface area contributed by atoms with Crippen molar-refractivity contribution in [3.63, 3.8) is 0 Å². The van der Waals surface area contributed by atoms with Crippen LogP contribution in [0.25, 0.3) is 10.8 Å². The fraction of sp³-hybridized carbons (Fsp3) is 0.278. The maximum atomic E-state index is 11.5. The predicted molar refractivity (Wildman–Crippen MR) is 87.3 cm³/mol. The van der Waals surface area contributed by atoms with Gasteiger partial charge >= 0.3 is 17.9 Å². The van der Waals surface area contributed by atoms with E-state index in [4.69, 9.17) is 14.2 Å². The molecule has 0 radical (unpaired) electrons. The molecule has 0 fully saturated rings. The summed E-state index contributed by atoms with van der Waals surface area (Å²) in [5.41, 5.74) is 0.482. The maximum absolute atomic E-state index is 11.5. The minimum Gasteiger partial charge on any atom is -0.426 e. The van der Waals surface area contributed by atoms with Crippen molar-refractivity contribution in [3.8, 4) is 17.2 Å². The predicted octanol–water partition coefficient (Wildman–Crippen LogP) is 3.18. The summed E-state index contributed by atoms with van der Waals surface area (Å²) in [6.07, 6.45) is 0.407. The second-order valence-electron chi connectivity index (χ2n) is 5.15. The molecular formula is C18H18O6. The minimum absolute atomic E-state index is 0.0927. The topological polar surface area (TPSA) is 78.9 Å². The van der Waals surface area contributed by atoms with Gasteiger partial charge in [-0.1, -0.05) is 31.2 Å². The molecule has 2 aromatic carbocycles. The van der Waals surface area contributed by atoms with Crippen LogP contribution in [-0.2, 0) is 20.8 Å². The summed E-state index contributed by atoms with van der Waals surface area (Å²) in [6, 6.07) is 6.97. The van der Waals surface area contributed by atoms with Gasteiger partial charge in [-0.15, -0.1) is 0 Å². The average molecular weight is 330 g/mol. The summed E-state index contributed by atoms with van der Waals surface area (Å²) in [7, 11) is 0. The number of ether oxygens (including phenoxy) is 3. The third-order valence-corrected chi connectivity index (χ3v) is 3.26. The summed E-state index contributed by atoms with van der Waals surface area (Å²) >= 11 is 0. The molecule has 0 N–H and O–H groups in total. The molecule has 0 aromatic heterocycles. The molecule has 0 aliphatic heterocycles. The third-order valence-electron chi connectivity index (χ3n) is 3.26. The number of carbonyl (C=O) groups is 3. The van der Waals surface area contributed by atoms with E-state index in [0.29, 0.717) is 28.5 Å². The van der Waals surface area contributed by atoms with E-state index in [9.17, 15) is 14.4 Å². The SMILES string of the molecule is CCc1c(OC(C)=O)c(OC(C)=O)c2ccccc2c1OC(C)=O. The van der Waals surface area contributed by atoms with E-state index in [2.05, 4.69) is 0 Å². The lowest BCUT2D eigenvalue weighted by Gasteiger charge is -2.19. The Morgan fingerprint density at radius 3 is 1.62 bits per heavy atom. The molecule has 24 heavy (non-hydrogen) atoms. The van der Waals surface area contributed by atoms with E-state index in [0.717, 1.165) is 0 Å². The fourth-order valence-corrected chi connectivity index (χ4v) is 2.48. The largest absolute Gasteiger partial charge is 0.426 e. The molecule has 6 nitrogen and oxygen atoms in total. The molecule has 0 saturated carbocycles. The van der Waals surface area contributed by atoms with Crippen molar-refractivity contribution >= 4 is 28.7 Å². The Morgan fingerprint density at radius 2 is 1.17 bits per heavy atom. The molecule has 0 saturated heterocycles. The van der Waals surface area contributed by atoms with E-state index in [-0.39, 0.29) is 11.5 Å².